The average Bonchev–Trinajstić information content (AvgIpc) is 2.47. The van der Waals surface area contributed by atoms with Crippen molar-refractivity contribution in [2.45, 2.75) is 19.3 Å². The highest BCUT2D eigenvalue weighted by molar-refractivity contribution is 9.10. The van der Waals surface area contributed by atoms with Crippen molar-refractivity contribution in [3.05, 3.63) is 34.3 Å². The molecule has 5 nitrogen and oxygen atoms in total. The minimum atomic E-state index is -0.171. The SMILES string of the molecule is COCCCCNC(=O)CCNC(=O)c1ccc(Br)cc1. The van der Waals surface area contributed by atoms with E-state index in [0.717, 1.165) is 17.3 Å². The molecule has 0 aliphatic rings. The van der Waals surface area contributed by atoms with Crippen molar-refractivity contribution in [1.29, 1.82) is 0 Å². The maximum atomic E-state index is 11.8. The molecule has 0 saturated carbocycles. The number of carbonyl (C=O) groups excluding carboxylic acids is 2. The lowest BCUT2D eigenvalue weighted by atomic mass is 10.2. The van der Waals surface area contributed by atoms with Gasteiger partial charge in [0.05, 0.1) is 0 Å². The number of carbonyl (C=O) groups is 2. The molecule has 0 fully saturated rings. The van der Waals surface area contributed by atoms with Crippen LogP contribution in [0.3, 0.4) is 0 Å². The van der Waals surface area contributed by atoms with Crippen molar-refractivity contribution in [2.24, 2.45) is 0 Å². The van der Waals surface area contributed by atoms with Gasteiger partial charge in [0.25, 0.3) is 5.91 Å². The molecule has 1 aromatic carbocycles. The fraction of sp³-hybridized carbons (Fsp3) is 0.467. The first-order valence-electron chi connectivity index (χ1n) is 6.93. The number of nitrogens with one attached hydrogen (secondary N) is 2. The fourth-order valence-corrected chi connectivity index (χ4v) is 1.94. The van der Waals surface area contributed by atoms with Gasteiger partial charge in [0.2, 0.25) is 5.91 Å². The van der Waals surface area contributed by atoms with Crippen molar-refractivity contribution in [3.8, 4) is 0 Å². The van der Waals surface area contributed by atoms with E-state index in [0.29, 0.717) is 25.3 Å². The molecule has 0 aliphatic heterocycles. The highest BCUT2D eigenvalue weighted by atomic mass is 79.9. The number of amides is 2. The predicted molar refractivity (Wildman–Crippen MR) is 85.2 cm³/mol. The van der Waals surface area contributed by atoms with Gasteiger partial charge in [0.1, 0.15) is 0 Å². The lowest BCUT2D eigenvalue weighted by Crippen LogP contribution is -2.31. The van der Waals surface area contributed by atoms with E-state index in [1.54, 1.807) is 19.2 Å². The quantitative estimate of drug-likeness (QED) is 0.666. The lowest BCUT2D eigenvalue weighted by molar-refractivity contribution is -0.120. The van der Waals surface area contributed by atoms with Gasteiger partial charge >= 0.3 is 0 Å². The maximum Gasteiger partial charge on any atom is 0.251 e. The Labute approximate surface area is 133 Å². The summed E-state index contributed by atoms with van der Waals surface area (Å²) < 4.78 is 5.85. The second-order valence-corrected chi connectivity index (χ2v) is 5.48. The molecule has 0 bridgehead atoms. The third kappa shape index (κ3) is 7.82. The Hall–Kier alpha value is -1.40. The van der Waals surface area contributed by atoms with Gasteiger partial charge in [-0.1, -0.05) is 15.9 Å². The smallest absolute Gasteiger partial charge is 0.251 e. The molecule has 6 heteroatoms. The van der Waals surface area contributed by atoms with Gasteiger partial charge in [0.15, 0.2) is 0 Å². The van der Waals surface area contributed by atoms with Gasteiger partial charge in [-0.25, -0.2) is 0 Å². The predicted octanol–water partition coefficient (Wildman–Crippen LogP) is 2.11. The van der Waals surface area contributed by atoms with Crippen molar-refractivity contribution in [2.75, 3.05) is 26.8 Å². The zero-order valence-electron chi connectivity index (χ0n) is 12.2. The molecule has 0 saturated heterocycles. The number of ether oxygens (including phenoxy) is 1. The monoisotopic (exact) mass is 356 g/mol. The highest BCUT2D eigenvalue weighted by Gasteiger charge is 2.06. The fourth-order valence-electron chi connectivity index (χ4n) is 1.68. The molecule has 0 atom stereocenters. The highest BCUT2D eigenvalue weighted by Crippen LogP contribution is 2.10. The first-order valence-corrected chi connectivity index (χ1v) is 7.72. The number of halogens is 1. The first-order chi connectivity index (χ1) is 10.1. The molecule has 0 radical (unpaired) electrons. The summed E-state index contributed by atoms with van der Waals surface area (Å²) in [6, 6.07) is 7.08. The Balaban J connectivity index is 2.13. The molecule has 0 unspecified atom stereocenters. The van der Waals surface area contributed by atoms with Crippen LogP contribution in [0, 0.1) is 0 Å². The number of unbranched alkanes of at least 4 members (excludes halogenated alkanes) is 1. The van der Waals surface area contributed by atoms with Crippen LogP contribution in [0.25, 0.3) is 0 Å². The van der Waals surface area contributed by atoms with Crippen LogP contribution in [0.1, 0.15) is 29.6 Å². The zero-order valence-corrected chi connectivity index (χ0v) is 13.7. The summed E-state index contributed by atoms with van der Waals surface area (Å²) >= 11 is 3.31. The summed E-state index contributed by atoms with van der Waals surface area (Å²) in [6.45, 7) is 1.68. The Morgan fingerprint density at radius 3 is 2.48 bits per heavy atom. The average molecular weight is 357 g/mol. The molecule has 0 aromatic heterocycles. The summed E-state index contributed by atoms with van der Waals surface area (Å²) in [6.07, 6.45) is 2.11. The Kier molecular flexibility index (Phi) is 8.69. The standard InChI is InChI=1S/C15H21BrN2O3/c1-21-11-3-2-9-17-14(19)8-10-18-15(20)12-4-6-13(16)7-5-12/h4-7H,2-3,8-11H2,1H3,(H,17,19)(H,18,20). The van der Waals surface area contributed by atoms with Crippen LogP contribution in [0.15, 0.2) is 28.7 Å². The molecule has 0 heterocycles. The Morgan fingerprint density at radius 2 is 1.81 bits per heavy atom. The molecule has 116 valence electrons. The number of hydrogen-bond acceptors (Lipinski definition) is 3. The van der Waals surface area contributed by atoms with E-state index in [-0.39, 0.29) is 18.2 Å². The lowest BCUT2D eigenvalue weighted by Gasteiger charge is -2.07. The van der Waals surface area contributed by atoms with Gasteiger partial charge in [0, 0.05) is 43.3 Å². The molecule has 1 aromatic rings. The molecular formula is C15H21BrN2O3. The number of methoxy groups -OCH3 is 1. The van der Waals surface area contributed by atoms with E-state index in [4.69, 9.17) is 4.74 Å². The van der Waals surface area contributed by atoms with Crippen molar-refractivity contribution in [1.82, 2.24) is 10.6 Å². The minimum Gasteiger partial charge on any atom is -0.385 e. The van der Waals surface area contributed by atoms with Crippen molar-refractivity contribution < 1.29 is 14.3 Å². The summed E-state index contributed by atoms with van der Waals surface area (Å²) in [5.74, 6) is -0.223. The number of benzene rings is 1. The molecule has 2 N–H and O–H groups in total. The molecule has 1 rings (SSSR count). The minimum absolute atomic E-state index is 0.0523. The van der Waals surface area contributed by atoms with Crippen molar-refractivity contribution >= 4 is 27.7 Å². The van der Waals surface area contributed by atoms with E-state index < -0.39 is 0 Å². The molecule has 0 aliphatic carbocycles. The van der Waals surface area contributed by atoms with E-state index in [9.17, 15) is 9.59 Å². The van der Waals surface area contributed by atoms with E-state index in [2.05, 4.69) is 26.6 Å². The van der Waals surface area contributed by atoms with E-state index in [1.807, 2.05) is 12.1 Å². The summed E-state index contributed by atoms with van der Waals surface area (Å²) in [5.41, 5.74) is 0.582. The van der Waals surface area contributed by atoms with Crippen LogP contribution in [0.2, 0.25) is 0 Å². The Bertz CT molecular complexity index is 449. The van der Waals surface area contributed by atoms with Crippen LogP contribution in [0.4, 0.5) is 0 Å². The largest absolute Gasteiger partial charge is 0.385 e. The Morgan fingerprint density at radius 1 is 1.10 bits per heavy atom. The van der Waals surface area contributed by atoms with Crippen LogP contribution >= 0.6 is 15.9 Å². The van der Waals surface area contributed by atoms with E-state index >= 15 is 0 Å². The molecular weight excluding hydrogens is 336 g/mol. The second-order valence-electron chi connectivity index (χ2n) is 4.56. The van der Waals surface area contributed by atoms with Crippen LogP contribution in [0.5, 0.6) is 0 Å². The normalized spacial score (nSPS) is 10.2. The maximum absolute atomic E-state index is 11.8. The van der Waals surface area contributed by atoms with Crippen LogP contribution in [-0.4, -0.2) is 38.6 Å². The van der Waals surface area contributed by atoms with Gasteiger partial charge in [-0.05, 0) is 37.1 Å². The van der Waals surface area contributed by atoms with Crippen LogP contribution in [-0.2, 0) is 9.53 Å². The first kappa shape index (κ1) is 17.7. The van der Waals surface area contributed by atoms with E-state index in [1.165, 1.54) is 0 Å². The number of hydrogen-bond donors (Lipinski definition) is 2. The zero-order chi connectivity index (χ0) is 15.5. The van der Waals surface area contributed by atoms with Crippen LogP contribution < -0.4 is 10.6 Å². The van der Waals surface area contributed by atoms with Gasteiger partial charge in [-0.15, -0.1) is 0 Å². The molecule has 0 spiro atoms. The third-order valence-corrected chi connectivity index (χ3v) is 3.37. The topological polar surface area (TPSA) is 67.4 Å². The van der Waals surface area contributed by atoms with Gasteiger partial charge in [-0.3, -0.25) is 9.59 Å². The third-order valence-electron chi connectivity index (χ3n) is 2.84. The van der Waals surface area contributed by atoms with Gasteiger partial charge < -0.3 is 15.4 Å². The second kappa shape index (κ2) is 10.3. The summed E-state index contributed by atoms with van der Waals surface area (Å²) in [4.78, 5) is 23.3. The van der Waals surface area contributed by atoms with Crippen molar-refractivity contribution in [3.63, 3.8) is 0 Å². The summed E-state index contributed by atoms with van der Waals surface area (Å²) in [7, 11) is 1.66. The number of rotatable bonds is 9. The van der Waals surface area contributed by atoms with Gasteiger partial charge in [-0.2, -0.15) is 0 Å². The summed E-state index contributed by atoms with van der Waals surface area (Å²) in [5, 5.41) is 5.54. The molecule has 2 amide bonds. The molecule has 21 heavy (non-hydrogen) atoms.